The second kappa shape index (κ2) is 21.5. The van der Waals surface area contributed by atoms with E-state index >= 15 is 0 Å². The summed E-state index contributed by atoms with van der Waals surface area (Å²) in [4.78, 5) is 0. The van der Waals surface area contributed by atoms with Crippen molar-refractivity contribution < 1.29 is 58.9 Å². The average Bonchev–Trinajstić information content (AvgIpc) is 3.26. The standard InChI is InChI=1S/C54H99Si10.3ClH.Ti/c1-39-38-54(4,41(3)40(39)2)64(42-32-45(55(5,6)7)51(61(23,24)25)46(33-42)56(8,9)10,43-34-47(57(11,12)13)52(62(26,27)28)48(35-43)58(14,15)16)44-36-49(59(17,18)19)53(63(29,30)31)50(37-44)60(20,21)22;;;;/h32-37H,1-31H3;3*1H;/q-1;;;;+4/p-3. The molecule has 0 fully saturated rings. The second-order valence-electron chi connectivity index (χ2n) is 30.0. The van der Waals surface area contributed by atoms with Crippen molar-refractivity contribution in [2.75, 3.05) is 0 Å². The molecule has 0 spiro atoms. The van der Waals surface area contributed by atoms with Crippen LogP contribution in [0.3, 0.4) is 0 Å². The van der Waals surface area contributed by atoms with Crippen LogP contribution in [0, 0.1) is 6.08 Å². The van der Waals surface area contributed by atoms with E-state index in [0.29, 0.717) is 0 Å². The Morgan fingerprint density at radius 3 is 0.618 bits per heavy atom. The van der Waals surface area contributed by atoms with Crippen LogP contribution in [0.2, 0.25) is 182 Å². The SMILES string of the molecule is CC1=[C-]C(C)([Si](c2cc([Si](C)(C)C)c([Si](C)(C)C)c([Si](C)(C)C)c2)(c2cc([Si](C)(C)C)c([Si](C)(C)C)c([Si](C)(C)C)c2)c2cc([Si](C)(C)C)c([Si](C)(C)C)c([Si](C)(C)C)c2)C(C)=C1C.[Cl-].[Cl-].[Cl-].[Ti+4]. The third kappa shape index (κ3) is 13.1. The molecular formula is C54H99Cl3Si10Ti. The monoisotopic (exact) mass is 1180 g/mol. The van der Waals surface area contributed by atoms with Crippen molar-refractivity contribution in [2.24, 2.45) is 0 Å². The van der Waals surface area contributed by atoms with Gasteiger partial charge in [0.25, 0.3) is 0 Å². The molecule has 1 atom stereocenters. The van der Waals surface area contributed by atoms with Gasteiger partial charge in [-0.1, -0.05) is 286 Å². The third-order valence-corrected chi connectivity index (χ3v) is 40.0. The summed E-state index contributed by atoms with van der Waals surface area (Å²) in [6.07, 6.45) is 4.55. The molecule has 0 amide bonds. The van der Waals surface area contributed by atoms with E-state index in [1.165, 1.54) is 11.1 Å². The van der Waals surface area contributed by atoms with Crippen LogP contribution in [0.1, 0.15) is 27.7 Å². The van der Waals surface area contributed by atoms with Gasteiger partial charge in [-0.05, 0) is 15.6 Å². The van der Waals surface area contributed by atoms with Crippen molar-refractivity contribution in [2.45, 2.75) is 210 Å². The predicted octanol–water partition coefficient (Wildman–Crippen LogP) is 0.933. The molecule has 0 N–H and O–H groups in total. The fraction of sp³-hybridized carbons (Fsp3) is 0.593. The summed E-state index contributed by atoms with van der Waals surface area (Å²) in [5, 5.41) is 20.8. The Balaban J connectivity index is 0.0000112. The number of hydrogen-bond acceptors (Lipinski definition) is 0. The Hall–Kier alpha value is 0.893. The van der Waals surface area contributed by atoms with E-state index < -0.39 is 80.7 Å². The summed E-state index contributed by atoms with van der Waals surface area (Å²) in [5.74, 6) is 0. The molecular weight excluding hydrogens is 1080 g/mol. The molecule has 0 bridgehead atoms. The smallest absolute Gasteiger partial charge is 1.00 e. The molecule has 0 saturated heterocycles. The van der Waals surface area contributed by atoms with Crippen LogP contribution in [0.25, 0.3) is 0 Å². The van der Waals surface area contributed by atoms with Gasteiger partial charge in [0.05, 0.1) is 72.7 Å². The van der Waals surface area contributed by atoms with Gasteiger partial charge in [-0.15, -0.1) is 6.92 Å². The van der Waals surface area contributed by atoms with E-state index in [-0.39, 0.29) is 64.0 Å². The van der Waals surface area contributed by atoms with Crippen LogP contribution in [-0.4, -0.2) is 80.7 Å². The molecule has 3 aromatic carbocycles. The van der Waals surface area contributed by atoms with Gasteiger partial charge in [-0.25, -0.2) is 5.57 Å². The Morgan fingerprint density at radius 2 is 0.500 bits per heavy atom. The van der Waals surface area contributed by atoms with Gasteiger partial charge < -0.3 is 37.2 Å². The zero-order valence-electron chi connectivity index (χ0n) is 49.6. The van der Waals surface area contributed by atoms with Gasteiger partial charge in [0.15, 0.2) is 0 Å². The Bertz CT molecular complexity index is 2060. The minimum Gasteiger partial charge on any atom is -1.00 e. The van der Waals surface area contributed by atoms with Crippen molar-refractivity contribution >= 4 is 143 Å². The zero-order chi connectivity index (χ0) is 50.1. The molecule has 14 heteroatoms. The first kappa shape index (κ1) is 68.9. The molecule has 0 aromatic heterocycles. The minimum absolute atomic E-state index is 0. The van der Waals surface area contributed by atoms with Crippen LogP contribution in [-0.2, 0) is 21.7 Å². The average molecular weight is 1180 g/mol. The van der Waals surface area contributed by atoms with Crippen LogP contribution < -0.4 is 99.5 Å². The Kier molecular flexibility index (Phi) is 21.8. The number of rotatable bonds is 13. The number of benzene rings is 3. The Labute approximate surface area is 466 Å². The third-order valence-electron chi connectivity index (χ3n) is 14.9. The van der Waals surface area contributed by atoms with Crippen molar-refractivity contribution in [3.05, 3.63) is 59.2 Å². The largest absolute Gasteiger partial charge is 4.00 e. The molecule has 0 heterocycles. The van der Waals surface area contributed by atoms with Crippen LogP contribution >= 0.6 is 0 Å². The maximum atomic E-state index is 4.55. The Morgan fingerprint density at radius 1 is 0.324 bits per heavy atom. The van der Waals surface area contributed by atoms with E-state index in [9.17, 15) is 0 Å². The molecule has 3 aromatic rings. The summed E-state index contributed by atoms with van der Waals surface area (Å²) in [7, 11) is -19.7. The van der Waals surface area contributed by atoms with Crippen molar-refractivity contribution in [3.63, 3.8) is 0 Å². The maximum Gasteiger partial charge on any atom is 4.00 e. The van der Waals surface area contributed by atoms with Gasteiger partial charge >= 0.3 is 21.7 Å². The van der Waals surface area contributed by atoms with Gasteiger partial charge in [0.1, 0.15) is 8.07 Å². The van der Waals surface area contributed by atoms with E-state index in [1.54, 1.807) is 52.3 Å². The van der Waals surface area contributed by atoms with Gasteiger partial charge in [-0.3, -0.25) is 6.08 Å². The summed E-state index contributed by atoms with van der Waals surface area (Å²) in [6, 6.07) is 17.7. The van der Waals surface area contributed by atoms with Crippen molar-refractivity contribution in [1.29, 1.82) is 0 Å². The molecule has 4 rings (SSSR count). The van der Waals surface area contributed by atoms with Gasteiger partial charge in [-0.2, -0.15) is 11.1 Å². The van der Waals surface area contributed by atoms with Crippen LogP contribution in [0.5, 0.6) is 0 Å². The van der Waals surface area contributed by atoms with Crippen LogP contribution in [0.15, 0.2) is 53.1 Å². The summed E-state index contributed by atoms with van der Waals surface area (Å²) >= 11 is 0. The molecule has 1 aliphatic rings. The number of hydrogen-bond donors (Lipinski definition) is 0. The summed E-state index contributed by atoms with van der Waals surface area (Å²) in [5.41, 5.74) is 4.40. The first-order valence-electron chi connectivity index (χ1n) is 25.0. The van der Waals surface area contributed by atoms with Crippen molar-refractivity contribution in [1.82, 2.24) is 0 Å². The second-order valence-corrected chi connectivity index (χ2v) is 79.4. The molecule has 0 saturated carbocycles. The molecule has 1 aliphatic carbocycles. The maximum absolute atomic E-state index is 4.55. The predicted molar refractivity (Wildman–Crippen MR) is 330 cm³/mol. The quantitative estimate of drug-likeness (QED) is 0.136. The van der Waals surface area contributed by atoms with Crippen molar-refractivity contribution in [3.8, 4) is 0 Å². The first-order chi connectivity index (χ1) is 28.1. The number of allylic oxidation sites excluding steroid dienone is 4. The van der Waals surface area contributed by atoms with Crippen LogP contribution in [0.4, 0.5) is 0 Å². The molecule has 1 unspecified atom stereocenters. The molecule has 0 aliphatic heterocycles. The number of halogens is 3. The first-order valence-corrected chi connectivity index (χ1v) is 58.5. The van der Waals surface area contributed by atoms with Gasteiger partial charge in [0, 0.05) is 0 Å². The molecule has 380 valence electrons. The normalized spacial score (nSPS) is 17.0. The van der Waals surface area contributed by atoms with E-state index in [1.807, 2.05) is 15.6 Å². The summed E-state index contributed by atoms with van der Waals surface area (Å²) in [6.45, 7) is 82.0. The molecule has 0 radical (unpaired) electrons. The van der Waals surface area contributed by atoms with E-state index in [0.717, 1.165) is 0 Å². The minimum atomic E-state index is -3.18. The summed E-state index contributed by atoms with van der Waals surface area (Å²) < 4.78 is 0. The molecule has 68 heavy (non-hydrogen) atoms. The van der Waals surface area contributed by atoms with Gasteiger partial charge in [0.2, 0.25) is 0 Å². The molecule has 0 nitrogen and oxygen atoms in total. The van der Waals surface area contributed by atoms with E-state index in [2.05, 4.69) is 247 Å². The zero-order valence-corrected chi connectivity index (χ0v) is 63.4. The fourth-order valence-electron chi connectivity index (χ4n) is 11.5. The topological polar surface area (TPSA) is 0 Å². The fourth-order valence-corrected chi connectivity index (χ4v) is 46.4. The van der Waals surface area contributed by atoms with E-state index in [4.69, 9.17) is 0 Å².